The molecule has 3 nitrogen and oxygen atoms in total. The third kappa shape index (κ3) is 3.29. The maximum absolute atomic E-state index is 13.6. The van der Waals surface area contributed by atoms with E-state index in [0.717, 1.165) is 28.8 Å². The van der Waals surface area contributed by atoms with Crippen molar-refractivity contribution in [3.05, 3.63) is 58.1 Å². The van der Waals surface area contributed by atoms with Crippen LogP contribution in [0.15, 0.2) is 51.1 Å². The maximum Gasteiger partial charge on any atom is 0.283 e. The fourth-order valence-electron chi connectivity index (χ4n) is 1.53. The second-order valence-corrected chi connectivity index (χ2v) is 5.73. The van der Waals surface area contributed by atoms with Gasteiger partial charge in [-0.25, -0.2) is 8.78 Å². The largest absolute Gasteiger partial charge is 0.283 e. The highest BCUT2D eigenvalue weighted by Crippen LogP contribution is 2.38. The van der Waals surface area contributed by atoms with Gasteiger partial charge in [0.25, 0.3) is 5.69 Å². The third-order valence-electron chi connectivity index (χ3n) is 2.48. The lowest BCUT2D eigenvalue weighted by Gasteiger charge is -2.06. The molecule has 0 aromatic heterocycles. The minimum Gasteiger partial charge on any atom is -0.258 e. The van der Waals surface area contributed by atoms with E-state index in [2.05, 4.69) is 0 Å². The smallest absolute Gasteiger partial charge is 0.258 e. The number of nitro groups is 1. The number of halogens is 2. The normalized spacial score (nSPS) is 10.6. The first-order chi connectivity index (χ1) is 9.51. The van der Waals surface area contributed by atoms with E-state index in [1.54, 1.807) is 12.1 Å². The van der Waals surface area contributed by atoms with Crippen LogP contribution in [0.4, 0.5) is 14.5 Å². The summed E-state index contributed by atoms with van der Waals surface area (Å²) in [5, 5.41) is 11.0. The molecule has 0 saturated carbocycles. The molecule has 0 atom stereocenters. The predicted octanol–water partition coefficient (Wildman–Crippen LogP) is 4.75. The van der Waals surface area contributed by atoms with Gasteiger partial charge in [0.05, 0.1) is 9.82 Å². The minimum atomic E-state index is -0.737. The van der Waals surface area contributed by atoms with Crippen LogP contribution < -0.4 is 0 Å². The zero-order chi connectivity index (χ0) is 14.7. The average molecular weight is 313 g/mol. The Morgan fingerprint density at radius 3 is 2.45 bits per heavy atom. The van der Waals surface area contributed by atoms with Gasteiger partial charge in [0.1, 0.15) is 11.6 Å². The zero-order valence-corrected chi connectivity index (χ0v) is 11.9. The van der Waals surface area contributed by atoms with Crippen LogP contribution in [-0.4, -0.2) is 11.2 Å². The van der Waals surface area contributed by atoms with Crippen LogP contribution in [-0.2, 0) is 0 Å². The van der Waals surface area contributed by atoms with Crippen LogP contribution in [0.1, 0.15) is 0 Å². The molecule has 0 N–H and O–H groups in total. The van der Waals surface area contributed by atoms with E-state index in [4.69, 9.17) is 0 Å². The number of thioether (sulfide) groups is 1. The lowest BCUT2D eigenvalue weighted by Crippen LogP contribution is -1.92. The number of hydrogen-bond acceptors (Lipinski definition) is 4. The molecule has 20 heavy (non-hydrogen) atoms. The number of rotatable bonds is 4. The van der Waals surface area contributed by atoms with Gasteiger partial charge in [-0.3, -0.25) is 10.1 Å². The number of nitrogens with zero attached hydrogens (tertiary/aromatic N) is 1. The summed E-state index contributed by atoms with van der Waals surface area (Å²) in [4.78, 5) is 11.8. The first-order valence-corrected chi connectivity index (χ1v) is 7.50. The Kier molecular flexibility index (Phi) is 4.61. The quantitative estimate of drug-likeness (QED) is 0.464. The average Bonchev–Trinajstić information content (AvgIpc) is 2.41. The van der Waals surface area contributed by atoms with Gasteiger partial charge in [-0.1, -0.05) is 11.8 Å². The summed E-state index contributed by atoms with van der Waals surface area (Å²) in [6, 6.07) is 7.78. The highest BCUT2D eigenvalue weighted by Gasteiger charge is 2.17. The number of hydrogen-bond donors (Lipinski definition) is 0. The molecule has 0 unspecified atom stereocenters. The van der Waals surface area contributed by atoms with Gasteiger partial charge >= 0.3 is 0 Å². The first kappa shape index (κ1) is 14.8. The Bertz CT molecular complexity index is 665. The second-order valence-electron chi connectivity index (χ2n) is 3.77. The Hall–Kier alpha value is -1.60. The van der Waals surface area contributed by atoms with E-state index in [1.807, 2.05) is 6.26 Å². The van der Waals surface area contributed by atoms with Crippen LogP contribution in [0, 0.1) is 21.7 Å². The highest BCUT2D eigenvalue weighted by molar-refractivity contribution is 8.00. The molecule has 2 aromatic rings. The Morgan fingerprint density at radius 1 is 1.10 bits per heavy atom. The molecule has 104 valence electrons. The predicted molar refractivity (Wildman–Crippen MR) is 75.4 cm³/mol. The van der Waals surface area contributed by atoms with Crippen molar-refractivity contribution in [2.24, 2.45) is 0 Å². The van der Waals surface area contributed by atoms with Crippen molar-refractivity contribution in [3.8, 4) is 0 Å². The fraction of sp³-hybridized carbons (Fsp3) is 0.0769. The van der Waals surface area contributed by atoms with E-state index < -0.39 is 16.6 Å². The molecule has 0 aliphatic carbocycles. The molecule has 0 saturated heterocycles. The van der Waals surface area contributed by atoms with Crippen molar-refractivity contribution < 1.29 is 13.7 Å². The van der Waals surface area contributed by atoms with Crippen LogP contribution in [0.5, 0.6) is 0 Å². The molecular weight excluding hydrogens is 304 g/mol. The zero-order valence-electron chi connectivity index (χ0n) is 10.3. The molecule has 0 amide bonds. The van der Waals surface area contributed by atoms with E-state index in [9.17, 15) is 18.9 Å². The van der Waals surface area contributed by atoms with Crippen LogP contribution >= 0.6 is 23.5 Å². The van der Waals surface area contributed by atoms with Gasteiger partial charge in [0, 0.05) is 21.9 Å². The summed E-state index contributed by atoms with van der Waals surface area (Å²) >= 11 is 2.34. The molecule has 0 radical (unpaired) electrons. The maximum atomic E-state index is 13.6. The van der Waals surface area contributed by atoms with Crippen LogP contribution in [0.25, 0.3) is 0 Å². The molecule has 0 spiro atoms. The SMILES string of the molecule is CSc1ccc([N+](=O)[O-])c(Sc2ccc(F)cc2F)c1. The lowest BCUT2D eigenvalue weighted by atomic mass is 10.3. The van der Waals surface area contributed by atoms with Gasteiger partial charge in [-0.15, -0.1) is 11.8 Å². The van der Waals surface area contributed by atoms with Gasteiger partial charge in [-0.05, 0) is 30.5 Å². The molecule has 0 aliphatic heterocycles. The second kappa shape index (κ2) is 6.23. The van der Waals surface area contributed by atoms with E-state index in [1.165, 1.54) is 23.9 Å². The molecule has 7 heteroatoms. The van der Waals surface area contributed by atoms with Gasteiger partial charge in [0.15, 0.2) is 0 Å². The summed E-state index contributed by atoms with van der Waals surface area (Å²) in [7, 11) is 0. The molecule has 0 bridgehead atoms. The van der Waals surface area contributed by atoms with Crippen molar-refractivity contribution in [3.63, 3.8) is 0 Å². The van der Waals surface area contributed by atoms with Crippen molar-refractivity contribution in [1.82, 2.24) is 0 Å². The van der Waals surface area contributed by atoms with Crippen molar-refractivity contribution in [2.45, 2.75) is 14.7 Å². The molecule has 0 aliphatic rings. The molecular formula is C13H9F2NO2S2. The lowest BCUT2D eigenvalue weighted by molar-refractivity contribution is -0.387. The van der Waals surface area contributed by atoms with Crippen molar-refractivity contribution >= 4 is 29.2 Å². The van der Waals surface area contributed by atoms with Crippen LogP contribution in [0.2, 0.25) is 0 Å². The van der Waals surface area contributed by atoms with Crippen molar-refractivity contribution in [2.75, 3.05) is 6.26 Å². The fourth-order valence-corrected chi connectivity index (χ4v) is 3.01. The minimum absolute atomic E-state index is 0.100. The third-order valence-corrected chi connectivity index (χ3v) is 4.30. The molecule has 2 aromatic carbocycles. The van der Waals surface area contributed by atoms with E-state index in [-0.39, 0.29) is 10.6 Å². The number of nitro benzene ring substituents is 1. The topological polar surface area (TPSA) is 43.1 Å². The summed E-state index contributed by atoms with van der Waals surface area (Å²) < 4.78 is 26.5. The molecule has 0 fully saturated rings. The van der Waals surface area contributed by atoms with Gasteiger partial charge in [-0.2, -0.15) is 0 Å². The highest BCUT2D eigenvalue weighted by atomic mass is 32.2. The Balaban J connectivity index is 2.43. The monoisotopic (exact) mass is 313 g/mol. The molecule has 0 heterocycles. The molecule has 2 rings (SSSR count). The summed E-state index contributed by atoms with van der Waals surface area (Å²) in [5.74, 6) is -1.42. The van der Waals surface area contributed by atoms with Gasteiger partial charge < -0.3 is 0 Å². The van der Waals surface area contributed by atoms with Crippen molar-refractivity contribution in [1.29, 1.82) is 0 Å². The Morgan fingerprint density at radius 2 is 1.85 bits per heavy atom. The van der Waals surface area contributed by atoms with E-state index in [0.29, 0.717) is 4.90 Å². The van der Waals surface area contributed by atoms with Crippen LogP contribution in [0.3, 0.4) is 0 Å². The first-order valence-electron chi connectivity index (χ1n) is 5.46. The Labute approximate surface area is 122 Å². The number of benzene rings is 2. The standard InChI is InChI=1S/C13H9F2NO2S2/c1-19-9-3-4-11(16(17)18)13(7-9)20-12-5-2-8(14)6-10(12)15/h2-7H,1H3. The summed E-state index contributed by atoms with van der Waals surface area (Å²) in [6.07, 6.45) is 1.84. The summed E-state index contributed by atoms with van der Waals surface area (Å²) in [5.41, 5.74) is -0.100. The van der Waals surface area contributed by atoms with E-state index >= 15 is 0 Å². The summed E-state index contributed by atoms with van der Waals surface area (Å²) in [6.45, 7) is 0. The van der Waals surface area contributed by atoms with Gasteiger partial charge in [0.2, 0.25) is 0 Å².